The van der Waals surface area contributed by atoms with E-state index in [2.05, 4.69) is 4.90 Å². The second-order valence-electron chi connectivity index (χ2n) is 6.72. The van der Waals surface area contributed by atoms with E-state index >= 15 is 0 Å². The quantitative estimate of drug-likeness (QED) is 0.809. The van der Waals surface area contributed by atoms with Gasteiger partial charge in [-0.3, -0.25) is 9.69 Å². The van der Waals surface area contributed by atoms with Crippen molar-refractivity contribution >= 4 is 5.91 Å². The predicted octanol–water partition coefficient (Wildman–Crippen LogP) is 2.16. The first-order valence-electron chi connectivity index (χ1n) is 9.19. The van der Waals surface area contributed by atoms with Crippen molar-refractivity contribution in [1.82, 2.24) is 9.80 Å². The van der Waals surface area contributed by atoms with Crippen LogP contribution in [-0.2, 0) is 11.3 Å². The molecule has 1 amide bonds. The van der Waals surface area contributed by atoms with Crippen LogP contribution in [0, 0.1) is 5.82 Å². The molecule has 1 fully saturated rings. The Kier molecular flexibility index (Phi) is 6.92. The number of hydrogen-bond donors (Lipinski definition) is 1. The number of halogens is 1. The Morgan fingerprint density at radius 3 is 2.41 bits per heavy atom. The predicted molar refractivity (Wildman–Crippen MR) is 101 cm³/mol. The third-order valence-corrected chi connectivity index (χ3v) is 4.67. The number of ether oxygens (including phenoxy) is 1. The molecule has 1 aliphatic heterocycles. The van der Waals surface area contributed by atoms with Gasteiger partial charge in [0.1, 0.15) is 5.82 Å². The molecule has 2 aromatic carbocycles. The minimum absolute atomic E-state index is 0.0454. The largest absolute Gasteiger partial charge is 0.389 e. The lowest BCUT2D eigenvalue weighted by atomic mass is 10.2. The fourth-order valence-electron chi connectivity index (χ4n) is 3.17. The van der Waals surface area contributed by atoms with Gasteiger partial charge in [0.25, 0.3) is 5.91 Å². The summed E-state index contributed by atoms with van der Waals surface area (Å²) in [6.45, 7) is 3.46. The Morgan fingerprint density at radius 2 is 1.70 bits per heavy atom. The molecule has 0 saturated carbocycles. The van der Waals surface area contributed by atoms with Crippen molar-refractivity contribution in [3.05, 3.63) is 71.5 Å². The number of aliphatic hydroxyl groups is 1. The number of carbonyl (C=O) groups excluding carboxylic acids is 1. The molecule has 1 aliphatic rings. The SMILES string of the molecule is O=C(c1ccccc1)N1CCN(C[C@H](O)COCc2ccccc2F)CC1. The molecule has 1 atom stereocenters. The standard InChI is InChI=1S/C21H25FN2O3/c22-20-9-5-4-8-18(20)15-27-16-19(25)14-23-10-12-24(13-11-23)21(26)17-6-2-1-3-7-17/h1-9,19,25H,10-16H2/t19-/m0/s1. The smallest absolute Gasteiger partial charge is 0.253 e. The van der Waals surface area contributed by atoms with Crippen LogP contribution in [0.1, 0.15) is 15.9 Å². The summed E-state index contributed by atoms with van der Waals surface area (Å²) < 4.78 is 19.0. The monoisotopic (exact) mass is 372 g/mol. The Morgan fingerprint density at radius 1 is 1.04 bits per heavy atom. The van der Waals surface area contributed by atoms with Gasteiger partial charge in [-0.1, -0.05) is 36.4 Å². The molecule has 0 aromatic heterocycles. The van der Waals surface area contributed by atoms with E-state index in [1.54, 1.807) is 18.2 Å². The highest BCUT2D eigenvalue weighted by Crippen LogP contribution is 2.10. The minimum Gasteiger partial charge on any atom is -0.389 e. The molecule has 144 valence electrons. The molecule has 27 heavy (non-hydrogen) atoms. The summed E-state index contributed by atoms with van der Waals surface area (Å²) in [5.74, 6) is -0.254. The van der Waals surface area contributed by atoms with Gasteiger partial charge < -0.3 is 14.7 Å². The first-order chi connectivity index (χ1) is 13.1. The highest BCUT2D eigenvalue weighted by atomic mass is 19.1. The van der Waals surface area contributed by atoms with Crippen molar-refractivity contribution in [2.75, 3.05) is 39.3 Å². The molecule has 1 N–H and O–H groups in total. The molecule has 6 heteroatoms. The van der Waals surface area contributed by atoms with Crippen molar-refractivity contribution in [3.63, 3.8) is 0 Å². The maximum Gasteiger partial charge on any atom is 0.253 e. The van der Waals surface area contributed by atoms with Gasteiger partial charge in [-0.15, -0.1) is 0 Å². The van der Waals surface area contributed by atoms with E-state index in [1.165, 1.54) is 6.07 Å². The molecule has 5 nitrogen and oxygen atoms in total. The topological polar surface area (TPSA) is 53.0 Å². The second-order valence-corrected chi connectivity index (χ2v) is 6.72. The number of nitrogens with zero attached hydrogens (tertiary/aromatic N) is 2. The van der Waals surface area contributed by atoms with Crippen LogP contribution in [0.15, 0.2) is 54.6 Å². The molecule has 0 aliphatic carbocycles. The molecular weight excluding hydrogens is 347 g/mol. The van der Waals surface area contributed by atoms with Crippen LogP contribution in [-0.4, -0.2) is 66.2 Å². The Balaban J connectivity index is 1.37. The fourth-order valence-corrected chi connectivity index (χ4v) is 3.17. The van der Waals surface area contributed by atoms with Gasteiger partial charge in [0.15, 0.2) is 0 Å². The van der Waals surface area contributed by atoms with Crippen LogP contribution in [0.5, 0.6) is 0 Å². The zero-order chi connectivity index (χ0) is 19.1. The molecule has 3 rings (SSSR count). The first kappa shape index (κ1) is 19.5. The van der Waals surface area contributed by atoms with E-state index < -0.39 is 6.10 Å². The molecule has 0 radical (unpaired) electrons. The van der Waals surface area contributed by atoms with E-state index in [0.717, 1.165) is 0 Å². The third kappa shape index (κ3) is 5.60. The Labute approximate surface area is 159 Å². The summed E-state index contributed by atoms with van der Waals surface area (Å²) in [7, 11) is 0. The maximum absolute atomic E-state index is 13.5. The van der Waals surface area contributed by atoms with E-state index in [9.17, 15) is 14.3 Å². The number of benzene rings is 2. The number of amides is 1. The zero-order valence-electron chi connectivity index (χ0n) is 15.3. The first-order valence-corrected chi connectivity index (χ1v) is 9.19. The number of carbonyl (C=O) groups is 1. The van der Waals surface area contributed by atoms with E-state index in [1.807, 2.05) is 35.2 Å². The van der Waals surface area contributed by atoms with Crippen LogP contribution in [0.2, 0.25) is 0 Å². The average Bonchev–Trinajstić information content (AvgIpc) is 2.70. The van der Waals surface area contributed by atoms with Crippen LogP contribution in [0.3, 0.4) is 0 Å². The molecule has 0 bridgehead atoms. The number of rotatable bonds is 7. The zero-order valence-corrected chi connectivity index (χ0v) is 15.3. The Bertz CT molecular complexity index is 733. The normalized spacial score (nSPS) is 16.3. The van der Waals surface area contributed by atoms with E-state index in [4.69, 9.17) is 4.74 Å². The Hall–Kier alpha value is -2.28. The highest BCUT2D eigenvalue weighted by molar-refractivity contribution is 5.94. The minimum atomic E-state index is -0.645. The second kappa shape index (κ2) is 9.60. The van der Waals surface area contributed by atoms with Crippen LogP contribution in [0.25, 0.3) is 0 Å². The molecular formula is C21H25FN2O3. The van der Waals surface area contributed by atoms with Crippen LogP contribution >= 0.6 is 0 Å². The summed E-state index contributed by atoms with van der Waals surface area (Å²) >= 11 is 0. The molecule has 2 aromatic rings. The summed E-state index contributed by atoms with van der Waals surface area (Å²) in [5, 5.41) is 10.2. The van der Waals surface area contributed by atoms with Gasteiger partial charge in [-0.25, -0.2) is 4.39 Å². The van der Waals surface area contributed by atoms with Gasteiger partial charge in [0.05, 0.1) is 19.3 Å². The van der Waals surface area contributed by atoms with Crippen LogP contribution < -0.4 is 0 Å². The summed E-state index contributed by atoms with van der Waals surface area (Å²) in [6, 6.07) is 15.7. The third-order valence-electron chi connectivity index (χ3n) is 4.67. The molecule has 1 heterocycles. The molecule has 0 unspecified atom stereocenters. The number of aliphatic hydroxyl groups excluding tert-OH is 1. The van der Waals surface area contributed by atoms with Crippen molar-refractivity contribution in [3.8, 4) is 0 Å². The molecule has 1 saturated heterocycles. The number of piperazine rings is 1. The fraction of sp³-hybridized carbons (Fsp3) is 0.381. The van der Waals surface area contributed by atoms with Crippen molar-refractivity contribution in [2.45, 2.75) is 12.7 Å². The summed E-state index contributed by atoms with van der Waals surface area (Å²) in [6.07, 6.45) is -0.645. The van der Waals surface area contributed by atoms with Crippen molar-refractivity contribution in [1.29, 1.82) is 0 Å². The van der Waals surface area contributed by atoms with Gasteiger partial charge >= 0.3 is 0 Å². The van der Waals surface area contributed by atoms with E-state index in [-0.39, 0.29) is 24.9 Å². The highest BCUT2D eigenvalue weighted by Gasteiger charge is 2.23. The van der Waals surface area contributed by atoms with Gasteiger partial charge in [0.2, 0.25) is 0 Å². The number of β-amino-alcohol motifs (C(OH)–C–C–N with tert-alkyl or cyclic N) is 1. The summed E-state index contributed by atoms with van der Waals surface area (Å²) in [4.78, 5) is 16.4. The maximum atomic E-state index is 13.5. The lowest BCUT2D eigenvalue weighted by Gasteiger charge is -2.35. The van der Waals surface area contributed by atoms with Crippen molar-refractivity contribution in [2.24, 2.45) is 0 Å². The molecule has 0 spiro atoms. The van der Waals surface area contributed by atoms with Crippen molar-refractivity contribution < 1.29 is 19.0 Å². The average molecular weight is 372 g/mol. The lowest BCUT2D eigenvalue weighted by Crippen LogP contribution is -2.50. The van der Waals surface area contributed by atoms with Gasteiger partial charge in [-0.2, -0.15) is 0 Å². The lowest BCUT2D eigenvalue weighted by molar-refractivity contribution is 0.00143. The van der Waals surface area contributed by atoms with Gasteiger partial charge in [0, 0.05) is 43.9 Å². The summed E-state index contributed by atoms with van der Waals surface area (Å²) in [5.41, 5.74) is 1.19. The van der Waals surface area contributed by atoms with Gasteiger partial charge in [-0.05, 0) is 18.2 Å². The number of hydrogen-bond acceptors (Lipinski definition) is 4. The van der Waals surface area contributed by atoms with Crippen LogP contribution in [0.4, 0.5) is 4.39 Å². The van der Waals surface area contributed by atoms with E-state index in [0.29, 0.717) is 43.9 Å².